The Labute approximate surface area is 86.9 Å². The number of anilines is 1. The summed E-state index contributed by atoms with van der Waals surface area (Å²) >= 11 is 0. The van der Waals surface area contributed by atoms with Crippen molar-refractivity contribution < 1.29 is 15.0 Å². The van der Waals surface area contributed by atoms with Crippen molar-refractivity contribution in [3.05, 3.63) is 34.9 Å². The van der Waals surface area contributed by atoms with E-state index in [1.54, 1.807) is 6.07 Å². The highest BCUT2D eigenvalue weighted by Gasteiger charge is 2.22. The molecule has 1 aromatic carbocycles. The van der Waals surface area contributed by atoms with E-state index >= 15 is 0 Å². The first-order valence-electron chi connectivity index (χ1n) is 4.60. The van der Waals surface area contributed by atoms with Gasteiger partial charge in [0.1, 0.15) is 5.76 Å². The van der Waals surface area contributed by atoms with Crippen molar-refractivity contribution in [3.63, 3.8) is 0 Å². The Bertz CT molecular complexity index is 463. The van der Waals surface area contributed by atoms with Crippen LogP contribution in [0.5, 0.6) is 0 Å². The molecular weight excluding hydrogens is 194 g/mol. The Balaban J connectivity index is 2.59. The monoisotopic (exact) mass is 205 g/mol. The normalized spacial score (nSPS) is 14.5. The smallest absolute Gasteiger partial charge is 0.337 e. The summed E-state index contributed by atoms with van der Waals surface area (Å²) < 4.78 is 0. The lowest BCUT2D eigenvalue weighted by atomic mass is 10.0. The van der Waals surface area contributed by atoms with E-state index in [9.17, 15) is 9.90 Å². The third kappa shape index (κ3) is 1.54. The van der Waals surface area contributed by atoms with Gasteiger partial charge < -0.3 is 15.5 Å². The summed E-state index contributed by atoms with van der Waals surface area (Å²) in [5.74, 6) is -1.23. The Morgan fingerprint density at radius 3 is 2.87 bits per heavy atom. The van der Waals surface area contributed by atoms with E-state index in [2.05, 4.69) is 5.32 Å². The number of hydrogen-bond donors (Lipinski definition) is 3. The van der Waals surface area contributed by atoms with Gasteiger partial charge in [0.05, 0.1) is 12.1 Å². The predicted octanol–water partition coefficient (Wildman–Crippen LogP) is 1.77. The van der Waals surface area contributed by atoms with Gasteiger partial charge in [-0.1, -0.05) is 11.6 Å². The number of aliphatic hydroxyl groups excluding tert-OH is 1. The molecule has 0 saturated heterocycles. The average molecular weight is 205 g/mol. The minimum atomic E-state index is -1.09. The molecule has 1 heterocycles. The third-order valence-electron chi connectivity index (χ3n) is 2.43. The topological polar surface area (TPSA) is 69.6 Å². The summed E-state index contributed by atoms with van der Waals surface area (Å²) in [5, 5.41) is 21.6. The van der Waals surface area contributed by atoms with Gasteiger partial charge in [0.2, 0.25) is 0 Å². The molecule has 15 heavy (non-hydrogen) atoms. The summed E-state index contributed by atoms with van der Waals surface area (Å²) in [4.78, 5) is 10.8. The largest absolute Gasteiger partial charge is 0.507 e. The molecule has 0 bridgehead atoms. The molecule has 0 atom stereocenters. The number of nitrogens with one attached hydrogen (secondary N) is 1. The van der Waals surface area contributed by atoms with E-state index in [0.717, 1.165) is 11.3 Å². The molecule has 1 aliphatic heterocycles. The van der Waals surface area contributed by atoms with Gasteiger partial charge in [-0.3, -0.25) is 0 Å². The molecule has 0 fully saturated rings. The van der Waals surface area contributed by atoms with Crippen molar-refractivity contribution in [1.82, 2.24) is 0 Å². The van der Waals surface area contributed by atoms with Crippen LogP contribution in [-0.4, -0.2) is 22.7 Å². The van der Waals surface area contributed by atoms with Crippen LogP contribution in [0.4, 0.5) is 5.69 Å². The maximum atomic E-state index is 10.8. The lowest BCUT2D eigenvalue weighted by molar-refractivity contribution is -0.132. The molecule has 1 aliphatic rings. The molecule has 0 radical (unpaired) electrons. The van der Waals surface area contributed by atoms with Gasteiger partial charge in [0.25, 0.3) is 0 Å². The second-order valence-electron chi connectivity index (χ2n) is 3.53. The number of carbonyl (C=O) groups is 1. The Kier molecular flexibility index (Phi) is 2.11. The van der Waals surface area contributed by atoms with Crippen LogP contribution in [0.1, 0.15) is 11.1 Å². The van der Waals surface area contributed by atoms with Crippen LogP contribution in [0.2, 0.25) is 0 Å². The number of rotatable bonds is 1. The van der Waals surface area contributed by atoms with Gasteiger partial charge in [0, 0.05) is 11.3 Å². The summed E-state index contributed by atoms with van der Waals surface area (Å²) in [6.07, 6.45) is 0. The molecule has 0 saturated carbocycles. The molecule has 2 rings (SSSR count). The predicted molar refractivity (Wildman–Crippen MR) is 56.9 cm³/mol. The van der Waals surface area contributed by atoms with Gasteiger partial charge in [0.15, 0.2) is 0 Å². The molecule has 0 aliphatic carbocycles. The molecule has 1 aromatic rings. The van der Waals surface area contributed by atoms with E-state index in [1.807, 2.05) is 19.1 Å². The number of carboxylic acid groups (broad SMARTS) is 1. The molecule has 4 heteroatoms. The minimum Gasteiger partial charge on any atom is -0.507 e. The van der Waals surface area contributed by atoms with Crippen LogP contribution in [0.25, 0.3) is 5.76 Å². The van der Waals surface area contributed by atoms with Crippen molar-refractivity contribution in [3.8, 4) is 0 Å². The van der Waals surface area contributed by atoms with E-state index in [1.165, 1.54) is 0 Å². The molecule has 3 N–H and O–H groups in total. The third-order valence-corrected chi connectivity index (χ3v) is 2.43. The SMILES string of the molecule is Cc1ccc2c(c1)C(O)=C(C(=O)O)CN2. The van der Waals surface area contributed by atoms with Crippen LogP contribution in [-0.2, 0) is 4.79 Å². The zero-order chi connectivity index (χ0) is 11.0. The summed E-state index contributed by atoms with van der Waals surface area (Å²) in [7, 11) is 0. The number of benzene rings is 1. The second kappa shape index (κ2) is 3.31. The molecule has 0 aromatic heterocycles. The Morgan fingerprint density at radius 2 is 2.20 bits per heavy atom. The van der Waals surface area contributed by atoms with Gasteiger partial charge in [-0.25, -0.2) is 4.79 Å². The minimum absolute atomic E-state index is 0.00750. The van der Waals surface area contributed by atoms with Crippen molar-refractivity contribution >= 4 is 17.4 Å². The van der Waals surface area contributed by atoms with Crippen molar-refractivity contribution in [2.75, 3.05) is 11.9 Å². The number of fused-ring (bicyclic) bond motifs is 1. The summed E-state index contributed by atoms with van der Waals surface area (Å²) in [5.41, 5.74) is 2.31. The molecule has 0 unspecified atom stereocenters. The van der Waals surface area contributed by atoms with E-state index < -0.39 is 5.97 Å². The highest BCUT2D eigenvalue weighted by Crippen LogP contribution is 2.29. The lowest BCUT2D eigenvalue weighted by Gasteiger charge is -2.19. The van der Waals surface area contributed by atoms with Crippen LogP contribution < -0.4 is 5.32 Å². The molecule has 4 nitrogen and oxygen atoms in total. The van der Waals surface area contributed by atoms with Crippen LogP contribution >= 0.6 is 0 Å². The standard InChI is InChI=1S/C11H11NO3/c1-6-2-3-9-7(4-6)10(13)8(5-12-9)11(14)15/h2-4,12-13H,5H2,1H3,(H,14,15). The maximum absolute atomic E-state index is 10.8. The number of carboxylic acids is 1. The van der Waals surface area contributed by atoms with Crippen LogP contribution in [0, 0.1) is 6.92 Å². The fourth-order valence-corrected chi connectivity index (χ4v) is 1.61. The van der Waals surface area contributed by atoms with Crippen LogP contribution in [0.3, 0.4) is 0 Å². The zero-order valence-corrected chi connectivity index (χ0v) is 8.24. The number of hydrogen-bond acceptors (Lipinski definition) is 3. The highest BCUT2D eigenvalue weighted by molar-refractivity contribution is 5.98. The van der Waals surface area contributed by atoms with Gasteiger partial charge in [-0.2, -0.15) is 0 Å². The van der Waals surface area contributed by atoms with Crippen molar-refractivity contribution in [2.45, 2.75) is 6.92 Å². The van der Waals surface area contributed by atoms with E-state index in [4.69, 9.17) is 5.11 Å². The number of aliphatic carboxylic acids is 1. The maximum Gasteiger partial charge on any atom is 0.337 e. The van der Waals surface area contributed by atoms with Gasteiger partial charge in [-0.15, -0.1) is 0 Å². The summed E-state index contributed by atoms with van der Waals surface area (Å²) in [6, 6.07) is 5.50. The molecule has 0 spiro atoms. The first kappa shape index (κ1) is 9.58. The fourth-order valence-electron chi connectivity index (χ4n) is 1.61. The number of aliphatic hydroxyl groups is 1. The van der Waals surface area contributed by atoms with Gasteiger partial charge >= 0.3 is 5.97 Å². The van der Waals surface area contributed by atoms with Crippen LogP contribution in [0.15, 0.2) is 23.8 Å². The van der Waals surface area contributed by atoms with E-state index in [0.29, 0.717) is 5.56 Å². The fraction of sp³-hybridized carbons (Fsp3) is 0.182. The average Bonchev–Trinajstić information content (AvgIpc) is 2.19. The first-order chi connectivity index (χ1) is 7.09. The zero-order valence-electron chi connectivity index (χ0n) is 8.24. The van der Waals surface area contributed by atoms with E-state index in [-0.39, 0.29) is 17.9 Å². The lowest BCUT2D eigenvalue weighted by Crippen LogP contribution is -2.19. The number of aryl methyl sites for hydroxylation is 1. The van der Waals surface area contributed by atoms with Crippen molar-refractivity contribution in [2.24, 2.45) is 0 Å². The first-order valence-corrected chi connectivity index (χ1v) is 4.60. The second-order valence-corrected chi connectivity index (χ2v) is 3.53. The Morgan fingerprint density at radius 1 is 1.47 bits per heavy atom. The summed E-state index contributed by atoms with van der Waals surface area (Å²) in [6.45, 7) is 2.04. The molecule has 78 valence electrons. The highest BCUT2D eigenvalue weighted by atomic mass is 16.4. The Hall–Kier alpha value is -1.97. The molecular formula is C11H11NO3. The quantitative estimate of drug-likeness (QED) is 0.653. The van der Waals surface area contributed by atoms with Gasteiger partial charge in [-0.05, 0) is 19.1 Å². The van der Waals surface area contributed by atoms with Crippen molar-refractivity contribution in [1.29, 1.82) is 0 Å². The molecule has 0 amide bonds.